The van der Waals surface area contributed by atoms with Crippen LogP contribution in [-0.4, -0.2) is 18.5 Å². The van der Waals surface area contributed by atoms with Crippen LogP contribution in [0.15, 0.2) is 18.2 Å². The minimum absolute atomic E-state index is 0.0332. The molecule has 0 radical (unpaired) electrons. The van der Waals surface area contributed by atoms with E-state index in [1.165, 1.54) is 18.2 Å². The van der Waals surface area contributed by atoms with E-state index in [4.69, 9.17) is 5.73 Å². The fourth-order valence-electron chi connectivity index (χ4n) is 2.76. The normalized spacial score (nSPS) is 22.2. The highest BCUT2D eigenvalue weighted by Crippen LogP contribution is 2.49. The van der Waals surface area contributed by atoms with Gasteiger partial charge < -0.3 is 11.1 Å². The Morgan fingerprint density at radius 3 is 2.52 bits per heavy atom. The van der Waals surface area contributed by atoms with Gasteiger partial charge in [0, 0.05) is 30.0 Å². The van der Waals surface area contributed by atoms with E-state index in [0.717, 1.165) is 6.42 Å². The number of halogens is 2. The predicted molar refractivity (Wildman–Crippen MR) is 77.6 cm³/mol. The SMILES string of the molecule is CC(C)CC(CN)NC(=O)C1CC1c1c(F)cccc1F. The van der Waals surface area contributed by atoms with Crippen molar-refractivity contribution in [2.24, 2.45) is 17.6 Å². The van der Waals surface area contributed by atoms with Crippen molar-refractivity contribution in [3.05, 3.63) is 35.4 Å². The lowest BCUT2D eigenvalue weighted by Crippen LogP contribution is -2.42. The van der Waals surface area contributed by atoms with E-state index in [-0.39, 0.29) is 29.3 Å². The smallest absolute Gasteiger partial charge is 0.224 e. The number of amides is 1. The fourth-order valence-corrected chi connectivity index (χ4v) is 2.76. The van der Waals surface area contributed by atoms with E-state index in [0.29, 0.717) is 18.9 Å². The van der Waals surface area contributed by atoms with E-state index in [2.05, 4.69) is 19.2 Å². The number of rotatable bonds is 6. The van der Waals surface area contributed by atoms with Crippen molar-refractivity contribution in [3.63, 3.8) is 0 Å². The summed E-state index contributed by atoms with van der Waals surface area (Å²) in [5.74, 6) is -1.58. The highest BCUT2D eigenvalue weighted by Gasteiger charge is 2.46. The molecular formula is C16H22F2N2O. The molecule has 1 aliphatic rings. The van der Waals surface area contributed by atoms with Crippen LogP contribution in [-0.2, 0) is 4.79 Å². The molecule has 0 bridgehead atoms. The van der Waals surface area contributed by atoms with Gasteiger partial charge >= 0.3 is 0 Å². The third kappa shape index (κ3) is 3.79. The molecule has 1 amide bonds. The standard InChI is InChI=1S/C16H22F2N2O/c1-9(2)6-10(8-19)20-16(21)12-7-11(12)15-13(17)4-3-5-14(15)18/h3-5,9-12H,6-8,19H2,1-2H3,(H,20,21). The fraction of sp³-hybridized carbons (Fsp3) is 0.562. The second-order valence-electron chi connectivity index (χ2n) is 6.15. The Hall–Kier alpha value is -1.49. The van der Waals surface area contributed by atoms with Gasteiger partial charge in [-0.3, -0.25) is 4.79 Å². The number of hydrogen-bond acceptors (Lipinski definition) is 2. The largest absolute Gasteiger partial charge is 0.352 e. The Bertz CT molecular complexity index is 499. The van der Waals surface area contributed by atoms with Crippen LogP contribution in [0.25, 0.3) is 0 Å². The van der Waals surface area contributed by atoms with Gasteiger partial charge in [-0.05, 0) is 30.9 Å². The van der Waals surface area contributed by atoms with Gasteiger partial charge in [0.15, 0.2) is 0 Å². The molecule has 1 fully saturated rings. The summed E-state index contributed by atoms with van der Waals surface area (Å²) in [7, 11) is 0. The zero-order valence-corrected chi connectivity index (χ0v) is 12.4. The van der Waals surface area contributed by atoms with Gasteiger partial charge in [0.1, 0.15) is 11.6 Å². The van der Waals surface area contributed by atoms with E-state index in [9.17, 15) is 13.6 Å². The van der Waals surface area contributed by atoms with Crippen molar-refractivity contribution in [2.75, 3.05) is 6.54 Å². The van der Waals surface area contributed by atoms with Crippen LogP contribution in [0.3, 0.4) is 0 Å². The highest BCUT2D eigenvalue weighted by atomic mass is 19.1. The summed E-state index contributed by atoms with van der Waals surface area (Å²) >= 11 is 0. The molecule has 0 heterocycles. The first-order chi connectivity index (χ1) is 9.93. The first-order valence-electron chi connectivity index (χ1n) is 7.38. The van der Waals surface area contributed by atoms with Crippen molar-refractivity contribution in [2.45, 2.75) is 38.6 Å². The van der Waals surface area contributed by atoms with Crippen molar-refractivity contribution in [3.8, 4) is 0 Å². The van der Waals surface area contributed by atoms with E-state index >= 15 is 0 Å². The maximum atomic E-state index is 13.7. The Morgan fingerprint density at radius 1 is 1.38 bits per heavy atom. The lowest BCUT2D eigenvalue weighted by atomic mass is 10.0. The monoisotopic (exact) mass is 296 g/mol. The number of hydrogen-bond donors (Lipinski definition) is 2. The van der Waals surface area contributed by atoms with Gasteiger partial charge in [-0.2, -0.15) is 0 Å². The minimum atomic E-state index is -0.576. The molecule has 5 heteroatoms. The molecule has 3 nitrogen and oxygen atoms in total. The van der Waals surface area contributed by atoms with Crippen LogP contribution in [0, 0.1) is 23.5 Å². The average Bonchev–Trinajstić information content (AvgIpc) is 3.17. The molecule has 2 rings (SSSR count). The van der Waals surface area contributed by atoms with Gasteiger partial charge in [0.2, 0.25) is 5.91 Å². The number of carbonyl (C=O) groups is 1. The molecule has 0 aromatic heterocycles. The van der Waals surface area contributed by atoms with Crippen molar-refractivity contribution in [1.29, 1.82) is 0 Å². The molecule has 3 unspecified atom stereocenters. The predicted octanol–water partition coefficient (Wildman–Crippen LogP) is 2.56. The van der Waals surface area contributed by atoms with Crippen LogP contribution in [0.5, 0.6) is 0 Å². The van der Waals surface area contributed by atoms with Crippen molar-refractivity contribution < 1.29 is 13.6 Å². The number of carbonyl (C=O) groups excluding carboxylic acids is 1. The zero-order chi connectivity index (χ0) is 15.6. The van der Waals surface area contributed by atoms with Gasteiger partial charge in [-0.25, -0.2) is 8.78 Å². The quantitative estimate of drug-likeness (QED) is 0.847. The van der Waals surface area contributed by atoms with Crippen LogP contribution in [0.1, 0.15) is 38.2 Å². The average molecular weight is 296 g/mol. The summed E-state index contributed by atoms with van der Waals surface area (Å²) in [6, 6.07) is 3.71. The maximum Gasteiger partial charge on any atom is 0.224 e. The van der Waals surface area contributed by atoms with Crippen LogP contribution < -0.4 is 11.1 Å². The Kier molecular flexibility index (Phi) is 4.93. The molecule has 0 saturated heterocycles. The molecule has 1 saturated carbocycles. The summed E-state index contributed by atoms with van der Waals surface area (Å²) in [4.78, 5) is 12.2. The second-order valence-corrected chi connectivity index (χ2v) is 6.15. The number of nitrogens with two attached hydrogens (primary N) is 1. The van der Waals surface area contributed by atoms with E-state index in [1.807, 2.05) is 0 Å². The molecule has 0 spiro atoms. The number of nitrogens with one attached hydrogen (secondary N) is 1. The van der Waals surface area contributed by atoms with Gasteiger partial charge in [-0.1, -0.05) is 19.9 Å². The van der Waals surface area contributed by atoms with Gasteiger partial charge in [0.05, 0.1) is 0 Å². The van der Waals surface area contributed by atoms with Crippen molar-refractivity contribution in [1.82, 2.24) is 5.32 Å². The lowest BCUT2D eigenvalue weighted by molar-refractivity contribution is -0.123. The first kappa shape index (κ1) is 15.9. The Balaban J connectivity index is 1.98. The Morgan fingerprint density at radius 2 is 2.00 bits per heavy atom. The van der Waals surface area contributed by atoms with Crippen molar-refractivity contribution >= 4 is 5.91 Å². The Labute approximate surface area is 123 Å². The third-order valence-corrected chi connectivity index (χ3v) is 3.88. The van der Waals surface area contributed by atoms with Gasteiger partial charge in [-0.15, -0.1) is 0 Å². The topological polar surface area (TPSA) is 55.1 Å². The summed E-state index contributed by atoms with van der Waals surface area (Å²) in [5.41, 5.74) is 5.68. The van der Waals surface area contributed by atoms with E-state index in [1.54, 1.807) is 0 Å². The summed E-state index contributed by atoms with van der Waals surface area (Å²) in [5, 5.41) is 2.89. The third-order valence-electron chi connectivity index (χ3n) is 3.88. The molecule has 21 heavy (non-hydrogen) atoms. The lowest BCUT2D eigenvalue weighted by Gasteiger charge is -2.18. The van der Waals surface area contributed by atoms with Crippen LogP contribution >= 0.6 is 0 Å². The van der Waals surface area contributed by atoms with Crippen LogP contribution in [0.2, 0.25) is 0 Å². The van der Waals surface area contributed by atoms with Gasteiger partial charge in [0.25, 0.3) is 0 Å². The summed E-state index contributed by atoms with van der Waals surface area (Å²) in [6.45, 7) is 4.49. The first-order valence-corrected chi connectivity index (χ1v) is 7.38. The summed E-state index contributed by atoms with van der Waals surface area (Å²) in [6.07, 6.45) is 1.29. The molecule has 1 aromatic rings. The minimum Gasteiger partial charge on any atom is -0.352 e. The second kappa shape index (κ2) is 6.52. The summed E-state index contributed by atoms with van der Waals surface area (Å²) < 4.78 is 27.4. The van der Waals surface area contributed by atoms with Crippen LogP contribution in [0.4, 0.5) is 8.78 Å². The molecule has 116 valence electrons. The zero-order valence-electron chi connectivity index (χ0n) is 12.4. The molecule has 3 atom stereocenters. The van der Waals surface area contributed by atoms with E-state index < -0.39 is 11.6 Å². The maximum absolute atomic E-state index is 13.7. The molecule has 1 aliphatic carbocycles. The molecule has 3 N–H and O–H groups in total. The molecular weight excluding hydrogens is 274 g/mol. The highest BCUT2D eigenvalue weighted by molar-refractivity contribution is 5.83. The number of benzene rings is 1. The molecule has 1 aromatic carbocycles. The molecule has 0 aliphatic heterocycles.